The first-order valence-electron chi connectivity index (χ1n) is 7.86. The molecule has 0 radical (unpaired) electrons. The molecule has 3 N–H and O–H groups in total. The van der Waals surface area contributed by atoms with Crippen LogP contribution < -0.4 is 14.8 Å². The zero-order chi connectivity index (χ0) is 18.9. The maximum Gasteiger partial charge on any atom is 0.337 e. The van der Waals surface area contributed by atoms with Crippen LogP contribution in [0.4, 0.5) is 0 Å². The van der Waals surface area contributed by atoms with Crippen molar-refractivity contribution >= 4 is 11.9 Å². The first-order valence-corrected chi connectivity index (χ1v) is 7.86. The molecule has 0 aliphatic carbocycles. The molecule has 2 aromatic rings. The molecule has 0 spiro atoms. The summed E-state index contributed by atoms with van der Waals surface area (Å²) < 4.78 is 12.5. The van der Waals surface area contributed by atoms with Crippen molar-refractivity contribution < 1.29 is 29.3 Å². The van der Waals surface area contributed by atoms with Crippen LogP contribution >= 0.6 is 0 Å². The highest BCUT2D eigenvalue weighted by Crippen LogP contribution is 2.32. The molecular weight excluding hydrogens is 344 g/mol. The Morgan fingerprint density at radius 2 is 2.00 bits per heavy atom. The number of hydrogen-bond acceptors (Lipinski definition) is 7. The van der Waals surface area contributed by atoms with Crippen molar-refractivity contribution in [3.63, 3.8) is 0 Å². The molecule has 1 aromatic heterocycles. The fraction of sp³-hybridized carbons (Fsp3) is 0.375. The minimum atomic E-state index is -2.07. The fourth-order valence-corrected chi connectivity index (χ4v) is 2.36. The molecule has 1 aliphatic heterocycles. The van der Waals surface area contributed by atoms with Gasteiger partial charge in [0, 0.05) is 6.07 Å². The van der Waals surface area contributed by atoms with Gasteiger partial charge in [0.2, 0.25) is 0 Å². The lowest BCUT2D eigenvalue weighted by atomic mass is 10.1. The van der Waals surface area contributed by atoms with Crippen LogP contribution in [0, 0.1) is 6.92 Å². The van der Waals surface area contributed by atoms with Gasteiger partial charge in [0.25, 0.3) is 5.91 Å². The van der Waals surface area contributed by atoms with Crippen LogP contribution in [-0.2, 0) is 4.79 Å². The van der Waals surface area contributed by atoms with E-state index in [4.69, 9.17) is 14.6 Å². The van der Waals surface area contributed by atoms with Gasteiger partial charge in [-0.25, -0.2) is 9.48 Å². The second-order valence-electron chi connectivity index (χ2n) is 6.02. The maximum atomic E-state index is 12.2. The molecule has 3 rings (SSSR count). The van der Waals surface area contributed by atoms with Gasteiger partial charge in [-0.3, -0.25) is 4.79 Å². The molecule has 1 aromatic carbocycles. The van der Waals surface area contributed by atoms with Crippen molar-refractivity contribution in [3.8, 4) is 17.2 Å². The van der Waals surface area contributed by atoms with E-state index in [1.165, 1.54) is 4.68 Å². The van der Waals surface area contributed by atoms with E-state index in [0.717, 1.165) is 6.92 Å². The normalized spacial score (nSPS) is 15.2. The molecule has 1 atom stereocenters. The lowest BCUT2D eigenvalue weighted by Crippen LogP contribution is -2.46. The number of rotatable bonds is 5. The number of ether oxygens (including phenoxy) is 2. The van der Waals surface area contributed by atoms with Crippen LogP contribution in [0.15, 0.2) is 18.2 Å². The molecule has 138 valence electrons. The zero-order valence-corrected chi connectivity index (χ0v) is 14.2. The summed E-state index contributed by atoms with van der Waals surface area (Å²) in [6.45, 7) is 3.22. The van der Waals surface area contributed by atoms with E-state index in [9.17, 15) is 14.7 Å². The van der Waals surface area contributed by atoms with Crippen molar-refractivity contribution in [1.29, 1.82) is 0 Å². The van der Waals surface area contributed by atoms with Gasteiger partial charge in [-0.15, -0.1) is 5.10 Å². The van der Waals surface area contributed by atoms with E-state index in [1.807, 2.05) is 0 Å². The summed E-state index contributed by atoms with van der Waals surface area (Å²) in [5.74, 6) is -0.860. The number of amides is 1. The third-order valence-corrected chi connectivity index (χ3v) is 3.93. The summed E-state index contributed by atoms with van der Waals surface area (Å²) >= 11 is 0. The van der Waals surface area contributed by atoms with Gasteiger partial charge in [0.15, 0.2) is 22.8 Å². The molecule has 1 aliphatic rings. The van der Waals surface area contributed by atoms with Gasteiger partial charge in [-0.05, 0) is 26.0 Å². The van der Waals surface area contributed by atoms with Crippen molar-refractivity contribution in [2.45, 2.75) is 19.4 Å². The molecule has 2 heterocycles. The van der Waals surface area contributed by atoms with Crippen LogP contribution in [0.25, 0.3) is 5.69 Å². The molecular formula is C16H18N4O6. The topological polar surface area (TPSA) is 136 Å². The molecule has 10 heteroatoms. The van der Waals surface area contributed by atoms with E-state index in [2.05, 4.69) is 15.6 Å². The number of carboxylic acids is 1. The van der Waals surface area contributed by atoms with Crippen molar-refractivity contribution in [2.75, 3.05) is 19.8 Å². The van der Waals surface area contributed by atoms with Crippen LogP contribution in [0.5, 0.6) is 11.5 Å². The van der Waals surface area contributed by atoms with E-state index in [1.54, 1.807) is 25.1 Å². The molecule has 0 saturated carbocycles. The van der Waals surface area contributed by atoms with E-state index in [0.29, 0.717) is 36.1 Å². The van der Waals surface area contributed by atoms with E-state index >= 15 is 0 Å². The molecule has 26 heavy (non-hydrogen) atoms. The minimum Gasteiger partial charge on any atom is -0.486 e. The highest BCUT2D eigenvalue weighted by atomic mass is 16.6. The Morgan fingerprint density at radius 3 is 2.69 bits per heavy atom. The highest BCUT2D eigenvalue weighted by Gasteiger charge is 2.31. The number of hydrogen-bond donors (Lipinski definition) is 3. The van der Waals surface area contributed by atoms with Crippen LogP contribution in [0.1, 0.15) is 23.1 Å². The van der Waals surface area contributed by atoms with Gasteiger partial charge in [-0.1, -0.05) is 5.21 Å². The van der Waals surface area contributed by atoms with Crippen LogP contribution in [-0.4, -0.2) is 62.4 Å². The van der Waals surface area contributed by atoms with Gasteiger partial charge in [-0.2, -0.15) is 0 Å². The molecule has 0 bridgehead atoms. The average molecular weight is 362 g/mol. The van der Waals surface area contributed by atoms with Crippen LogP contribution in [0.3, 0.4) is 0 Å². The Bertz CT molecular complexity index is 860. The maximum absolute atomic E-state index is 12.2. The molecule has 10 nitrogen and oxygen atoms in total. The number of carboxylic acid groups (broad SMARTS) is 1. The average Bonchev–Trinajstić information content (AvgIpc) is 3.00. The van der Waals surface area contributed by atoms with Crippen molar-refractivity contribution in [3.05, 3.63) is 29.6 Å². The third-order valence-electron chi connectivity index (χ3n) is 3.93. The number of nitrogens with one attached hydrogen (secondary N) is 1. The van der Waals surface area contributed by atoms with Gasteiger partial charge >= 0.3 is 5.97 Å². The number of carbonyl (C=O) groups excluding carboxylic acids is 1. The largest absolute Gasteiger partial charge is 0.486 e. The number of fused-ring (bicyclic) bond motifs is 1. The lowest BCUT2D eigenvalue weighted by Gasteiger charge is -2.19. The van der Waals surface area contributed by atoms with E-state index < -0.39 is 24.0 Å². The predicted octanol–water partition coefficient (Wildman–Crippen LogP) is -0.0877. The van der Waals surface area contributed by atoms with Gasteiger partial charge in [0.1, 0.15) is 13.2 Å². The number of nitrogens with zero attached hydrogens (tertiary/aromatic N) is 3. The standard InChI is InChI=1S/C16H18N4O6/c1-9-13(14(21)17-8-16(2,24)15(22)23)18-19-20(9)10-3-4-11-12(7-10)26-6-5-25-11/h3-4,7,24H,5-6,8H2,1-2H3,(H,17,21)(H,22,23). The second-order valence-corrected chi connectivity index (χ2v) is 6.02. The minimum absolute atomic E-state index is 0.0288. The number of benzene rings is 1. The molecule has 1 unspecified atom stereocenters. The summed E-state index contributed by atoms with van der Waals surface area (Å²) in [6, 6.07) is 5.23. The second kappa shape index (κ2) is 6.64. The summed E-state index contributed by atoms with van der Waals surface area (Å²) in [5, 5.41) is 28.7. The SMILES string of the molecule is Cc1c(C(=O)NCC(C)(O)C(=O)O)nnn1-c1ccc2c(c1)OCCO2. The quantitative estimate of drug-likeness (QED) is 0.671. The predicted molar refractivity (Wildman–Crippen MR) is 87.7 cm³/mol. The zero-order valence-electron chi connectivity index (χ0n) is 14.2. The Balaban J connectivity index is 1.80. The Hall–Kier alpha value is -3.14. The molecule has 1 amide bonds. The van der Waals surface area contributed by atoms with Crippen molar-refractivity contribution in [1.82, 2.24) is 20.3 Å². The summed E-state index contributed by atoms with van der Waals surface area (Å²) in [4.78, 5) is 23.1. The third kappa shape index (κ3) is 3.31. The Morgan fingerprint density at radius 1 is 1.31 bits per heavy atom. The monoisotopic (exact) mass is 362 g/mol. The first kappa shape index (κ1) is 17.7. The molecule has 0 saturated heterocycles. The number of aromatic nitrogens is 3. The number of aliphatic carboxylic acids is 1. The highest BCUT2D eigenvalue weighted by molar-refractivity contribution is 5.93. The van der Waals surface area contributed by atoms with Crippen LogP contribution in [0.2, 0.25) is 0 Å². The number of carbonyl (C=O) groups is 2. The Kier molecular flexibility index (Phi) is 4.51. The van der Waals surface area contributed by atoms with Gasteiger partial charge < -0.3 is 25.0 Å². The smallest absolute Gasteiger partial charge is 0.337 e. The molecule has 0 fully saturated rings. The Labute approximate surface area is 148 Å². The number of aliphatic hydroxyl groups is 1. The summed E-state index contributed by atoms with van der Waals surface area (Å²) in [5.41, 5.74) is -0.957. The van der Waals surface area contributed by atoms with Crippen molar-refractivity contribution in [2.24, 2.45) is 0 Å². The first-order chi connectivity index (χ1) is 12.3. The summed E-state index contributed by atoms with van der Waals surface area (Å²) in [6.07, 6.45) is 0. The van der Waals surface area contributed by atoms with E-state index in [-0.39, 0.29) is 5.69 Å². The summed E-state index contributed by atoms with van der Waals surface area (Å²) in [7, 11) is 0. The lowest BCUT2D eigenvalue weighted by molar-refractivity contribution is -0.155. The van der Waals surface area contributed by atoms with Gasteiger partial charge in [0.05, 0.1) is 17.9 Å². The fourth-order valence-electron chi connectivity index (χ4n) is 2.36.